The predicted octanol–water partition coefficient (Wildman–Crippen LogP) is 2.36. The smallest absolute Gasteiger partial charge is 0.240 e. The molecule has 1 heterocycles. The molecular weight excluding hydrogens is 308 g/mol. The van der Waals surface area contributed by atoms with E-state index >= 15 is 0 Å². The summed E-state index contributed by atoms with van der Waals surface area (Å²) in [5, 5.41) is 9.72. The number of sulfonamides is 1. The van der Waals surface area contributed by atoms with E-state index in [1.807, 2.05) is 17.5 Å². The van der Waals surface area contributed by atoms with Crippen LogP contribution >= 0.6 is 11.3 Å². The first-order valence-corrected chi connectivity index (χ1v) is 8.83. The van der Waals surface area contributed by atoms with Crippen molar-refractivity contribution in [3.05, 3.63) is 46.7 Å². The fraction of sp³-hybridized carbons (Fsp3) is 0.214. The molecule has 1 amide bonds. The molecule has 0 saturated carbocycles. The Balaban J connectivity index is 1.94. The van der Waals surface area contributed by atoms with Crippen molar-refractivity contribution in [3.63, 3.8) is 0 Å². The number of aryl methyl sites for hydroxylation is 1. The van der Waals surface area contributed by atoms with Gasteiger partial charge in [0.25, 0.3) is 0 Å². The summed E-state index contributed by atoms with van der Waals surface area (Å²) >= 11 is 1.66. The van der Waals surface area contributed by atoms with Crippen molar-refractivity contribution in [2.45, 2.75) is 24.2 Å². The summed E-state index contributed by atoms with van der Waals surface area (Å²) in [5.74, 6) is -0.220. The van der Waals surface area contributed by atoms with Gasteiger partial charge in [-0.3, -0.25) is 4.79 Å². The van der Waals surface area contributed by atoms with Crippen LogP contribution in [0.2, 0.25) is 0 Å². The molecule has 0 spiro atoms. The van der Waals surface area contributed by atoms with Crippen LogP contribution < -0.4 is 10.5 Å². The molecule has 1 aromatic carbocycles. The molecule has 112 valence electrons. The van der Waals surface area contributed by atoms with Crippen LogP contribution in [0.15, 0.2) is 46.7 Å². The maximum absolute atomic E-state index is 11.9. The maximum atomic E-state index is 11.9. The van der Waals surface area contributed by atoms with Crippen molar-refractivity contribution in [2.24, 2.45) is 5.14 Å². The van der Waals surface area contributed by atoms with Gasteiger partial charge in [0.05, 0.1) is 5.69 Å². The van der Waals surface area contributed by atoms with Gasteiger partial charge in [-0.05, 0) is 36.4 Å². The van der Waals surface area contributed by atoms with E-state index in [0.717, 1.165) is 6.42 Å². The second-order valence-corrected chi connectivity index (χ2v) is 7.08. The number of amides is 1. The molecule has 0 aliphatic heterocycles. The number of hydrogen-bond acceptors (Lipinski definition) is 4. The van der Waals surface area contributed by atoms with E-state index in [-0.39, 0.29) is 16.5 Å². The lowest BCUT2D eigenvalue weighted by Crippen LogP contribution is -2.18. The minimum absolute atomic E-state index is 0.0726. The zero-order valence-electron chi connectivity index (χ0n) is 11.3. The molecular formula is C14H16N2O3S2. The van der Waals surface area contributed by atoms with Crippen LogP contribution in [-0.4, -0.2) is 14.3 Å². The third-order valence-electron chi connectivity index (χ3n) is 2.87. The molecule has 1 aromatic heterocycles. The second kappa shape index (κ2) is 6.84. The average Bonchev–Trinajstić information content (AvgIpc) is 2.91. The molecule has 7 heteroatoms. The number of benzene rings is 1. The molecule has 5 nitrogen and oxygen atoms in total. The number of nitrogens with one attached hydrogen (secondary N) is 1. The molecule has 0 aliphatic rings. The van der Waals surface area contributed by atoms with Crippen molar-refractivity contribution >= 4 is 33.0 Å². The fourth-order valence-corrected chi connectivity index (χ4v) is 3.35. The number of carbonyl (C=O) groups excluding carboxylic acids is 1. The van der Waals surface area contributed by atoms with Crippen LogP contribution in [0, 0.1) is 0 Å². The summed E-state index contributed by atoms with van der Waals surface area (Å²) in [6, 6.07) is 10.1. The molecule has 0 fully saturated rings. The summed E-state index contributed by atoms with van der Waals surface area (Å²) in [5.41, 5.74) is 0.223. The Morgan fingerprint density at radius 2 is 1.95 bits per heavy atom. The van der Waals surface area contributed by atoms with Gasteiger partial charge < -0.3 is 5.32 Å². The van der Waals surface area contributed by atoms with Crippen LogP contribution in [0.4, 0.5) is 5.69 Å². The van der Waals surface area contributed by atoms with Crippen molar-refractivity contribution < 1.29 is 13.2 Å². The first-order chi connectivity index (χ1) is 9.97. The summed E-state index contributed by atoms with van der Waals surface area (Å²) < 4.78 is 22.9. The van der Waals surface area contributed by atoms with Gasteiger partial charge in [-0.25, -0.2) is 13.6 Å². The van der Waals surface area contributed by atoms with E-state index in [1.54, 1.807) is 23.5 Å². The summed E-state index contributed by atoms with van der Waals surface area (Å²) in [6.07, 6.45) is 1.88. The van der Waals surface area contributed by atoms with E-state index in [2.05, 4.69) is 5.32 Å². The van der Waals surface area contributed by atoms with Crippen LogP contribution in [0.5, 0.6) is 0 Å². The lowest BCUT2D eigenvalue weighted by atomic mass is 10.2. The monoisotopic (exact) mass is 324 g/mol. The van der Waals surface area contributed by atoms with Crippen LogP contribution in [-0.2, 0) is 21.2 Å². The van der Waals surface area contributed by atoms with Gasteiger partial charge in [-0.2, -0.15) is 0 Å². The van der Waals surface area contributed by atoms with E-state index in [1.165, 1.54) is 17.0 Å². The zero-order chi connectivity index (χ0) is 15.3. The van der Waals surface area contributed by atoms with Gasteiger partial charge in [0.15, 0.2) is 0 Å². The van der Waals surface area contributed by atoms with Gasteiger partial charge in [-0.15, -0.1) is 11.3 Å². The number of rotatable bonds is 6. The first kappa shape index (κ1) is 15.7. The van der Waals surface area contributed by atoms with Crippen molar-refractivity contribution in [2.75, 3.05) is 5.32 Å². The van der Waals surface area contributed by atoms with Crippen LogP contribution in [0.25, 0.3) is 0 Å². The maximum Gasteiger partial charge on any atom is 0.240 e. The Hall–Kier alpha value is -1.70. The highest BCUT2D eigenvalue weighted by molar-refractivity contribution is 7.89. The molecule has 0 atom stereocenters. The number of thiophene rings is 1. The molecule has 0 bridgehead atoms. The van der Waals surface area contributed by atoms with E-state index in [4.69, 9.17) is 5.14 Å². The topological polar surface area (TPSA) is 89.3 Å². The van der Waals surface area contributed by atoms with Crippen molar-refractivity contribution in [3.8, 4) is 0 Å². The van der Waals surface area contributed by atoms with Gasteiger partial charge in [0.1, 0.15) is 4.90 Å². The predicted molar refractivity (Wildman–Crippen MR) is 83.7 cm³/mol. The number of hydrogen-bond donors (Lipinski definition) is 2. The van der Waals surface area contributed by atoms with Crippen molar-refractivity contribution in [1.82, 2.24) is 0 Å². The van der Waals surface area contributed by atoms with E-state index in [0.29, 0.717) is 12.8 Å². The highest BCUT2D eigenvalue weighted by atomic mass is 32.2. The Bertz CT molecular complexity index is 710. The van der Waals surface area contributed by atoms with Crippen molar-refractivity contribution in [1.29, 1.82) is 0 Å². The Kier molecular flexibility index (Phi) is 5.11. The Labute approximate surface area is 127 Å². The lowest BCUT2D eigenvalue weighted by molar-refractivity contribution is -0.116. The standard InChI is InChI=1S/C14H16N2O3S2/c15-21(18,19)13-8-2-1-7-12(13)16-14(17)9-3-5-11-6-4-10-20-11/h1-2,4,6-8,10H,3,5,9H2,(H,16,17)(H2,15,18,19). The average molecular weight is 324 g/mol. The minimum Gasteiger partial charge on any atom is -0.325 e. The number of carbonyl (C=O) groups is 1. The number of para-hydroxylation sites is 1. The van der Waals surface area contributed by atoms with Gasteiger partial charge >= 0.3 is 0 Å². The molecule has 21 heavy (non-hydrogen) atoms. The largest absolute Gasteiger partial charge is 0.325 e. The van der Waals surface area contributed by atoms with Gasteiger partial charge in [0.2, 0.25) is 15.9 Å². The van der Waals surface area contributed by atoms with Gasteiger partial charge in [-0.1, -0.05) is 18.2 Å². The molecule has 0 saturated heterocycles. The minimum atomic E-state index is -3.85. The third kappa shape index (κ3) is 4.66. The molecule has 0 radical (unpaired) electrons. The second-order valence-electron chi connectivity index (χ2n) is 4.52. The van der Waals surface area contributed by atoms with Crippen LogP contribution in [0.3, 0.4) is 0 Å². The molecule has 2 aromatic rings. The number of primary sulfonamides is 1. The van der Waals surface area contributed by atoms with Crippen LogP contribution in [0.1, 0.15) is 17.7 Å². The van der Waals surface area contributed by atoms with E-state index < -0.39 is 10.0 Å². The quantitative estimate of drug-likeness (QED) is 0.855. The molecule has 3 N–H and O–H groups in total. The molecule has 0 aliphatic carbocycles. The SMILES string of the molecule is NS(=O)(=O)c1ccccc1NC(=O)CCCc1cccs1. The van der Waals surface area contributed by atoms with Gasteiger partial charge in [0, 0.05) is 11.3 Å². The lowest BCUT2D eigenvalue weighted by Gasteiger charge is -2.09. The number of anilines is 1. The highest BCUT2D eigenvalue weighted by Crippen LogP contribution is 2.20. The molecule has 2 rings (SSSR count). The zero-order valence-corrected chi connectivity index (χ0v) is 12.9. The fourth-order valence-electron chi connectivity index (χ4n) is 1.91. The van der Waals surface area contributed by atoms with E-state index in [9.17, 15) is 13.2 Å². The molecule has 0 unspecified atom stereocenters. The third-order valence-corrected chi connectivity index (χ3v) is 4.78. The Morgan fingerprint density at radius 1 is 1.19 bits per heavy atom. The Morgan fingerprint density at radius 3 is 2.62 bits per heavy atom. The first-order valence-electron chi connectivity index (χ1n) is 6.41. The normalized spacial score (nSPS) is 11.3. The number of nitrogens with two attached hydrogens (primary N) is 1. The summed E-state index contributed by atoms with van der Waals surface area (Å²) in [7, 11) is -3.85. The summed E-state index contributed by atoms with van der Waals surface area (Å²) in [4.78, 5) is 13.0. The highest BCUT2D eigenvalue weighted by Gasteiger charge is 2.14. The summed E-state index contributed by atoms with van der Waals surface area (Å²) in [6.45, 7) is 0.